The molecule has 0 atom stereocenters. The molecular weight excluding hydrogens is 555 g/mol. The van der Waals surface area contributed by atoms with Crippen molar-refractivity contribution in [2.45, 2.75) is 79.0 Å². The summed E-state index contributed by atoms with van der Waals surface area (Å²) in [5, 5.41) is 2.88. The number of halogens is 3. The second-order valence-electron chi connectivity index (χ2n) is 10.7. The van der Waals surface area contributed by atoms with Crippen LogP contribution in [0.5, 0.6) is 0 Å². The van der Waals surface area contributed by atoms with Crippen molar-refractivity contribution in [1.82, 2.24) is 9.38 Å². The van der Waals surface area contributed by atoms with Gasteiger partial charge in [0, 0.05) is 34.7 Å². The van der Waals surface area contributed by atoms with Gasteiger partial charge in [0.2, 0.25) is 0 Å². The summed E-state index contributed by atoms with van der Waals surface area (Å²) in [6.45, 7) is 6.29. The van der Waals surface area contributed by atoms with Crippen molar-refractivity contribution in [2.75, 3.05) is 5.32 Å². The molecule has 0 bridgehead atoms. The number of alkyl halides is 3. The molecular formula is C30H32F3N3O2S2. The summed E-state index contributed by atoms with van der Waals surface area (Å²) in [6.07, 6.45) is 6.36. The summed E-state index contributed by atoms with van der Waals surface area (Å²) >= 11 is -0.139. The molecule has 4 aromatic rings. The molecule has 0 unspecified atom stereocenters. The van der Waals surface area contributed by atoms with Crippen LogP contribution >= 0.6 is 11.8 Å². The molecule has 2 aromatic heterocycles. The van der Waals surface area contributed by atoms with E-state index in [0.29, 0.717) is 36.5 Å². The first-order chi connectivity index (χ1) is 18.9. The number of imidazole rings is 1. The fourth-order valence-corrected chi connectivity index (χ4v) is 7.73. The van der Waals surface area contributed by atoms with Crippen LogP contribution in [0.1, 0.15) is 56.7 Å². The smallest absolute Gasteiger partial charge is 0.382 e. The Kier molecular flexibility index (Phi) is 7.94. The molecule has 0 saturated heterocycles. The monoisotopic (exact) mass is 587 g/mol. The van der Waals surface area contributed by atoms with E-state index in [9.17, 15) is 21.6 Å². The maximum atomic E-state index is 13.4. The van der Waals surface area contributed by atoms with Gasteiger partial charge in [-0.25, -0.2) is 13.4 Å². The van der Waals surface area contributed by atoms with Gasteiger partial charge < -0.3 is 9.72 Å². The number of benzene rings is 2. The quantitative estimate of drug-likeness (QED) is 0.221. The molecule has 10 heteroatoms. The van der Waals surface area contributed by atoms with E-state index in [-0.39, 0.29) is 22.7 Å². The number of aromatic nitrogens is 2. The van der Waals surface area contributed by atoms with Crippen LogP contribution in [0.4, 0.5) is 18.9 Å². The predicted molar refractivity (Wildman–Crippen MR) is 155 cm³/mol. The summed E-state index contributed by atoms with van der Waals surface area (Å²) in [4.78, 5) is 5.02. The Hall–Kier alpha value is -2.98. The number of aryl methyl sites for hydroxylation is 1. The summed E-state index contributed by atoms with van der Waals surface area (Å²) in [6, 6.07) is 15.4. The van der Waals surface area contributed by atoms with Crippen molar-refractivity contribution in [3.05, 3.63) is 78.2 Å². The fourth-order valence-electron chi connectivity index (χ4n) is 5.40. The summed E-state index contributed by atoms with van der Waals surface area (Å²) in [7, 11) is -3.48. The highest BCUT2D eigenvalue weighted by atomic mass is 32.2. The lowest BCUT2D eigenvalue weighted by Gasteiger charge is -2.29. The number of sulfone groups is 1. The SMILES string of the molecule is Cc1cc(-c2ccc(S(=O)(=O)C3CCC(Nc4ccc(SC(F)(F)F)cc4)CC3)cc2)cn2c(C(C)C)cnc12. The summed E-state index contributed by atoms with van der Waals surface area (Å²) < 4.78 is 66.7. The van der Waals surface area contributed by atoms with Crippen LogP contribution in [0.25, 0.3) is 16.8 Å². The molecule has 5 nitrogen and oxygen atoms in total. The lowest BCUT2D eigenvalue weighted by molar-refractivity contribution is -0.0328. The predicted octanol–water partition coefficient (Wildman–Crippen LogP) is 8.24. The van der Waals surface area contributed by atoms with Crippen LogP contribution in [-0.4, -0.2) is 34.6 Å². The second-order valence-corrected chi connectivity index (χ2v) is 14.1. The van der Waals surface area contributed by atoms with Gasteiger partial charge in [0.05, 0.1) is 10.1 Å². The van der Waals surface area contributed by atoms with Gasteiger partial charge in [0.25, 0.3) is 0 Å². The van der Waals surface area contributed by atoms with E-state index < -0.39 is 20.6 Å². The third-order valence-corrected chi connectivity index (χ3v) is 10.5. The van der Waals surface area contributed by atoms with Crippen LogP contribution in [-0.2, 0) is 9.84 Å². The number of thioether (sulfide) groups is 1. The zero-order chi connectivity index (χ0) is 28.7. The lowest BCUT2D eigenvalue weighted by atomic mass is 9.95. The van der Waals surface area contributed by atoms with Gasteiger partial charge in [0.15, 0.2) is 9.84 Å². The van der Waals surface area contributed by atoms with Crippen molar-refractivity contribution in [2.24, 2.45) is 0 Å². The van der Waals surface area contributed by atoms with E-state index in [0.717, 1.165) is 33.7 Å². The molecule has 1 saturated carbocycles. The summed E-state index contributed by atoms with van der Waals surface area (Å²) in [5.74, 6) is 0.324. The normalized spacial score (nSPS) is 18.4. The average molecular weight is 588 g/mol. The molecule has 1 fully saturated rings. The van der Waals surface area contributed by atoms with Crippen LogP contribution in [0, 0.1) is 6.92 Å². The minimum absolute atomic E-state index is 0.0759. The Morgan fingerprint density at radius 1 is 0.975 bits per heavy atom. The molecule has 1 aliphatic carbocycles. The lowest BCUT2D eigenvalue weighted by Crippen LogP contribution is -2.32. The number of pyridine rings is 1. The third-order valence-electron chi connectivity index (χ3n) is 7.50. The van der Waals surface area contributed by atoms with Crippen molar-refractivity contribution >= 4 is 32.9 Å². The number of fused-ring (bicyclic) bond motifs is 1. The Morgan fingerprint density at radius 3 is 2.23 bits per heavy atom. The minimum Gasteiger partial charge on any atom is -0.382 e. The van der Waals surface area contributed by atoms with E-state index in [1.54, 1.807) is 24.3 Å². The number of hydrogen-bond donors (Lipinski definition) is 1. The van der Waals surface area contributed by atoms with Gasteiger partial charge >= 0.3 is 5.51 Å². The van der Waals surface area contributed by atoms with Gasteiger partial charge in [-0.15, -0.1) is 0 Å². The number of rotatable bonds is 7. The zero-order valence-electron chi connectivity index (χ0n) is 22.6. The van der Waals surface area contributed by atoms with E-state index in [1.165, 1.54) is 12.1 Å². The maximum absolute atomic E-state index is 13.4. The van der Waals surface area contributed by atoms with Gasteiger partial charge in [-0.1, -0.05) is 26.0 Å². The Labute approximate surface area is 237 Å². The molecule has 1 aliphatic rings. The van der Waals surface area contributed by atoms with Crippen molar-refractivity contribution < 1.29 is 21.6 Å². The van der Waals surface area contributed by atoms with Crippen LogP contribution in [0.15, 0.2) is 76.8 Å². The van der Waals surface area contributed by atoms with E-state index in [2.05, 4.69) is 40.8 Å². The summed E-state index contributed by atoms with van der Waals surface area (Å²) in [5.41, 5.74) is 1.48. The van der Waals surface area contributed by atoms with Crippen molar-refractivity contribution in [1.29, 1.82) is 0 Å². The second kappa shape index (κ2) is 11.1. The molecule has 2 aromatic carbocycles. The molecule has 0 amide bonds. The van der Waals surface area contributed by atoms with Crippen molar-refractivity contribution in [3.8, 4) is 11.1 Å². The topological polar surface area (TPSA) is 63.5 Å². The molecule has 212 valence electrons. The molecule has 40 heavy (non-hydrogen) atoms. The first-order valence-corrected chi connectivity index (χ1v) is 15.7. The van der Waals surface area contributed by atoms with E-state index in [1.807, 2.05) is 25.3 Å². The Morgan fingerprint density at radius 2 is 1.62 bits per heavy atom. The Balaban J connectivity index is 1.24. The fraction of sp³-hybridized carbons (Fsp3) is 0.367. The number of nitrogens with one attached hydrogen (secondary N) is 1. The van der Waals surface area contributed by atoms with Gasteiger partial charge in [-0.2, -0.15) is 13.2 Å². The number of hydrogen-bond acceptors (Lipinski definition) is 5. The van der Waals surface area contributed by atoms with Gasteiger partial charge in [-0.3, -0.25) is 0 Å². The van der Waals surface area contributed by atoms with E-state index >= 15 is 0 Å². The molecule has 1 N–H and O–H groups in total. The largest absolute Gasteiger partial charge is 0.446 e. The number of anilines is 1. The average Bonchev–Trinajstić information content (AvgIpc) is 3.35. The highest BCUT2D eigenvalue weighted by Gasteiger charge is 2.32. The van der Waals surface area contributed by atoms with Crippen LogP contribution in [0.2, 0.25) is 0 Å². The molecule has 2 heterocycles. The van der Waals surface area contributed by atoms with Crippen LogP contribution < -0.4 is 5.32 Å². The first-order valence-electron chi connectivity index (χ1n) is 13.3. The zero-order valence-corrected chi connectivity index (χ0v) is 24.2. The highest BCUT2D eigenvalue weighted by molar-refractivity contribution is 8.00. The molecule has 0 spiro atoms. The van der Waals surface area contributed by atoms with E-state index in [4.69, 9.17) is 0 Å². The molecule has 0 aliphatic heterocycles. The Bertz CT molecular complexity index is 1590. The molecule has 0 radical (unpaired) electrons. The van der Waals surface area contributed by atoms with Crippen molar-refractivity contribution in [3.63, 3.8) is 0 Å². The molecule has 5 rings (SSSR count). The minimum atomic E-state index is -4.31. The highest BCUT2D eigenvalue weighted by Crippen LogP contribution is 2.37. The van der Waals surface area contributed by atoms with Gasteiger partial charge in [-0.05, 0) is 109 Å². The third kappa shape index (κ3) is 6.17. The first kappa shape index (κ1) is 28.5. The maximum Gasteiger partial charge on any atom is 0.446 e. The standard InChI is InChI=1S/C30H32F3N3O2S2/c1-19(2)28-17-34-29-20(3)16-22(18-36(28)29)21-4-12-26(13-5-21)40(37,38)27-14-8-24(9-15-27)35-23-6-10-25(11-7-23)39-30(31,32)33/h4-7,10-13,16-19,24,27,35H,8-9,14-15H2,1-3H3. The van der Waals surface area contributed by atoms with Crippen LogP contribution in [0.3, 0.4) is 0 Å². The van der Waals surface area contributed by atoms with Gasteiger partial charge in [0.1, 0.15) is 5.65 Å². The number of nitrogens with zero attached hydrogens (tertiary/aromatic N) is 2.